The summed E-state index contributed by atoms with van der Waals surface area (Å²) in [4.78, 5) is 6.13. The number of halogens is 3. The van der Waals surface area contributed by atoms with E-state index in [1.807, 2.05) is 11.9 Å². The van der Waals surface area contributed by atoms with E-state index in [0.29, 0.717) is 16.6 Å². The Hall–Kier alpha value is -1.21. The highest BCUT2D eigenvalue weighted by Crippen LogP contribution is 2.86. The van der Waals surface area contributed by atoms with Crippen molar-refractivity contribution < 1.29 is 13.2 Å². The molecule has 1 spiro atoms. The van der Waals surface area contributed by atoms with Crippen LogP contribution in [0, 0.1) is 22.2 Å². The smallest absolute Gasteiger partial charge is 0.354 e. The lowest BCUT2D eigenvalue weighted by Gasteiger charge is -2.52. The van der Waals surface area contributed by atoms with Gasteiger partial charge in [-0.3, -0.25) is 0 Å². The van der Waals surface area contributed by atoms with Crippen LogP contribution in [0.25, 0.3) is 0 Å². The number of pyridine rings is 1. The molecule has 1 aliphatic heterocycles. The SMILES string of the molecule is C=CC1(CSN2CCN(c3ccc(C(F)(F)F)cn3)CC2)CCC12[C@H](CCC)C2(C)C. The second kappa shape index (κ2) is 7.98. The highest BCUT2D eigenvalue weighted by Gasteiger charge is 2.80. The molecule has 2 saturated carbocycles. The van der Waals surface area contributed by atoms with Crippen molar-refractivity contribution in [2.45, 2.75) is 52.6 Å². The van der Waals surface area contributed by atoms with Crippen LogP contribution in [0.4, 0.5) is 19.0 Å². The lowest BCUT2D eigenvalue weighted by atomic mass is 9.54. The van der Waals surface area contributed by atoms with Gasteiger partial charge in [-0.25, -0.2) is 9.29 Å². The third-order valence-electron chi connectivity index (χ3n) is 8.50. The number of hydrogen-bond acceptors (Lipinski definition) is 4. The Bertz CT molecular complexity index is 801. The molecule has 3 atom stereocenters. The molecule has 2 heterocycles. The third kappa shape index (κ3) is 3.60. The Balaban J connectivity index is 1.32. The van der Waals surface area contributed by atoms with Crippen molar-refractivity contribution in [3.8, 4) is 0 Å². The highest BCUT2D eigenvalue weighted by atomic mass is 32.2. The molecule has 2 unspecified atom stereocenters. The van der Waals surface area contributed by atoms with Gasteiger partial charge in [-0.05, 0) is 48.1 Å². The van der Waals surface area contributed by atoms with Crippen molar-refractivity contribution in [1.29, 1.82) is 0 Å². The van der Waals surface area contributed by atoms with Crippen molar-refractivity contribution in [1.82, 2.24) is 9.29 Å². The number of alkyl halides is 3. The molecule has 7 heteroatoms. The summed E-state index contributed by atoms with van der Waals surface area (Å²) < 4.78 is 40.7. The van der Waals surface area contributed by atoms with E-state index in [2.05, 4.69) is 47.6 Å². The van der Waals surface area contributed by atoms with Crippen LogP contribution < -0.4 is 4.90 Å². The first-order valence-corrected chi connectivity index (χ1v) is 12.4. The first-order chi connectivity index (χ1) is 14.6. The molecule has 2 aliphatic carbocycles. The fourth-order valence-electron chi connectivity index (χ4n) is 6.60. The van der Waals surface area contributed by atoms with Gasteiger partial charge in [0.2, 0.25) is 0 Å². The number of anilines is 1. The number of nitrogens with zero attached hydrogens (tertiary/aromatic N) is 3. The summed E-state index contributed by atoms with van der Waals surface area (Å²) in [6.45, 7) is 14.8. The first-order valence-electron chi connectivity index (χ1n) is 11.4. The van der Waals surface area contributed by atoms with Gasteiger partial charge in [0, 0.05) is 43.5 Å². The highest BCUT2D eigenvalue weighted by molar-refractivity contribution is 7.97. The van der Waals surface area contributed by atoms with Crippen LogP contribution in [0.1, 0.15) is 52.0 Å². The molecule has 1 aromatic heterocycles. The van der Waals surface area contributed by atoms with Crippen LogP contribution in [0.2, 0.25) is 0 Å². The summed E-state index contributed by atoms with van der Waals surface area (Å²) in [7, 11) is 0. The van der Waals surface area contributed by atoms with Gasteiger partial charge < -0.3 is 4.90 Å². The number of hydrogen-bond donors (Lipinski definition) is 0. The maximum Gasteiger partial charge on any atom is 0.417 e. The molecule has 3 fully saturated rings. The van der Waals surface area contributed by atoms with Gasteiger partial charge in [-0.15, -0.1) is 6.58 Å². The normalized spacial score (nSPS) is 32.7. The van der Waals surface area contributed by atoms with Gasteiger partial charge >= 0.3 is 6.18 Å². The van der Waals surface area contributed by atoms with Crippen molar-refractivity contribution >= 4 is 17.8 Å². The van der Waals surface area contributed by atoms with Gasteiger partial charge in [-0.1, -0.05) is 45.2 Å². The van der Waals surface area contributed by atoms with Crippen LogP contribution in [0.5, 0.6) is 0 Å². The molecule has 0 aromatic carbocycles. The minimum atomic E-state index is -4.34. The van der Waals surface area contributed by atoms with Crippen LogP contribution in [-0.4, -0.2) is 41.2 Å². The maximum atomic E-state index is 12.8. The molecule has 3 nitrogen and oxygen atoms in total. The zero-order chi connectivity index (χ0) is 22.5. The Morgan fingerprint density at radius 2 is 1.90 bits per heavy atom. The van der Waals surface area contributed by atoms with Crippen LogP contribution in [-0.2, 0) is 6.18 Å². The van der Waals surface area contributed by atoms with Crippen molar-refractivity contribution in [3.63, 3.8) is 0 Å². The molecule has 0 radical (unpaired) electrons. The Labute approximate surface area is 188 Å². The van der Waals surface area contributed by atoms with E-state index in [-0.39, 0.29) is 5.41 Å². The van der Waals surface area contributed by atoms with Gasteiger partial charge in [0.25, 0.3) is 0 Å². The summed E-state index contributed by atoms with van der Waals surface area (Å²) in [5, 5.41) is 0. The van der Waals surface area contributed by atoms with E-state index in [4.69, 9.17) is 0 Å². The van der Waals surface area contributed by atoms with Gasteiger partial charge in [0.15, 0.2) is 0 Å². The van der Waals surface area contributed by atoms with E-state index in [1.165, 1.54) is 31.7 Å². The summed E-state index contributed by atoms with van der Waals surface area (Å²) in [5.74, 6) is 2.51. The lowest BCUT2D eigenvalue weighted by molar-refractivity contribution is -0.137. The number of allylic oxidation sites excluding steroid dienone is 1. The Morgan fingerprint density at radius 3 is 2.39 bits per heavy atom. The van der Waals surface area contributed by atoms with E-state index < -0.39 is 11.7 Å². The van der Waals surface area contributed by atoms with Crippen LogP contribution in [0.3, 0.4) is 0 Å². The number of piperazine rings is 1. The fourth-order valence-corrected chi connectivity index (χ4v) is 7.95. The zero-order valence-corrected chi connectivity index (χ0v) is 19.7. The standard InChI is InChI=1S/C24H34F3N3S/c1-5-7-19-21(3,4)23(19)11-10-22(23,6-2)17-31-30-14-12-29(13-15-30)20-9-8-18(16-28-20)24(25,26)27/h6,8-9,16,19H,2,5,7,10-15,17H2,1,3-4H3/t19-,22?,23?/m1/s1. The fraction of sp³-hybridized carbons (Fsp3) is 0.708. The second-order valence-corrected chi connectivity index (χ2v) is 11.1. The molecule has 4 rings (SSSR count). The first kappa shape index (κ1) is 23.0. The minimum Gasteiger partial charge on any atom is -0.354 e. The van der Waals surface area contributed by atoms with E-state index in [9.17, 15) is 13.2 Å². The van der Waals surface area contributed by atoms with Crippen LogP contribution >= 0.6 is 11.9 Å². The molecule has 31 heavy (non-hydrogen) atoms. The van der Waals surface area contributed by atoms with Crippen molar-refractivity contribution in [2.24, 2.45) is 22.2 Å². The summed E-state index contributed by atoms with van der Waals surface area (Å²) >= 11 is 1.94. The number of aromatic nitrogens is 1. The number of rotatable bonds is 7. The molecule has 172 valence electrons. The molecule has 0 amide bonds. The average Bonchev–Trinajstić information content (AvgIpc) is 3.25. The molecule has 1 saturated heterocycles. The van der Waals surface area contributed by atoms with E-state index in [1.54, 1.807) is 0 Å². The molecule has 1 aromatic rings. The minimum absolute atomic E-state index is 0.229. The molecular formula is C24H34F3N3S. The topological polar surface area (TPSA) is 19.4 Å². The zero-order valence-electron chi connectivity index (χ0n) is 18.8. The molecule has 0 N–H and O–H groups in total. The van der Waals surface area contributed by atoms with Gasteiger partial charge in [-0.2, -0.15) is 13.2 Å². The quantitative estimate of drug-likeness (QED) is 0.357. The van der Waals surface area contributed by atoms with Gasteiger partial charge in [0.05, 0.1) is 5.56 Å². The van der Waals surface area contributed by atoms with Crippen LogP contribution in [0.15, 0.2) is 31.0 Å². The average molecular weight is 454 g/mol. The van der Waals surface area contributed by atoms with Crippen molar-refractivity contribution in [2.75, 3.05) is 36.8 Å². The Morgan fingerprint density at radius 1 is 1.19 bits per heavy atom. The van der Waals surface area contributed by atoms with Gasteiger partial charge in [0.1, 0.15) is 5.82 Å². The Kier molecular flexibility index (Phi) is 5.91. The summed E-state index contributed by atoms with van der Waals surface area (Å²) in [5.41, 5.74) is 0.367. The largest absolute Gasteiger partial charge is 0.417 e. The molecular weight excluding hydrogens is 419 g/mol. The molecule has 3 aliphatic rings. The predicted octanol–water partition coefficient (Wildman–Crippen LogP) is 6.28. The lowest BCUT2D eigenvalue weighted by Crippen LogP contribution is -2.48. The third-order valence-corrected chi connectivity index (χ3v) is 9.87. The summed E-state index contributed by atoms with van der Waals surface area (Å²) in [6, 6.07) is 2.61. The van der Waals surface area contributed by atoms with Crippen molar-refractivity contribution in [3.05, 3.63) is 36.5 Å². The maximum absolute atomic E-state index is 12.8. The molecule has 0 bridgehead atoms. The predicted molar refractivity (Wildman–Crippen MR) is 122 cm³/mol. The second-order valence-electron chi connectivity index (χ2n) is 9.99. The van der Waals surface area contributed by atoms with E-state index >= 15 is 0 Å². The van der Waals surface area contributed by atoms with E-state index in [0.717, 1.165) is 50.1 Å². The monoisotopic (exact) mass is 453 g/mol. The summed E-state index contributed by atoms with van der Waals surface area (Å²) in [6.07, 6.45) is 3.97.